The number of hydrogen-bond donors (Lipinski definition) is 0. The summed E-state index contributed by atoms with van der Waals surface area (Å²) >= 11 is 6.18. The number of carbonyl (C=O) groups is 2. The first-order chi connectivity index (χ1) is 17.3. The van der Waals surface area contributed by atoms with Gasteiger partial charge in [-0.3, -0.25) is 9.59 Å². The summed E-state index contributed by atoms with van der Waals surface area (Å²) in [5, 5.41) is 0.701. The molecule has 2 aliphatic rings. The van der Waals surface area contributed by atoms with Crippen molar-refractivity contribution in [2.24, 2.45) is 5.41 Å². The predicted molar refractivity (Wildman–Crippen MR) is 141 cm³/mol. The molecule has 36 heavy (non-hydrogen) atoms. The fourth-order valence-corrected chi connectivity index (χ4v) is 5.04. The minimum Gasteiger partial charge on any atom is -0.497 e. The molecule has 4 rings (SSSR count). The smallest absolute Gasteiger partial charge is 0.253 e. The van der Waals surface area contributed by atoms with Crippen LogP contribution in [0.1, 0.15) is 35.2 Å². The van der Waals surface area contributed by atoms with Crippen molar-refractivity contribution < 1.29 is 19.1 Å². The van der Waals surface area contributed by atoms with Gasteiger partial charge in [-0.05, 0) is 68.8 Å². The molecule has 0 saturated carbocycles. The molecule has 2 aromatic rings. The third-order valence-corrected chi connectivity index (χ3v) is 7.91. The highest BCUT2D eigenvalue weighted by Crippen LogP contribution is 2.37. The summed E-state index contributed by atoms with van der Waals surface area (Å²) in [6.07, 6.45) is 1.83. The second-order valence-corrected chi connectivity index (χ2v) is 10.5. The van der Waals surface area contributed by atoms with Gasteiger partial charge in [0, 0.05) is 61.7 Å². The molecule has 2 saturated heterocycles. The maximum Gasteiger partial charge on any atom is 0.253 e. The van der Waals surface area contributed by atoms with E-state index in [1.807, 2.05) is 53.1 Å². The summed E-state index contributed by atoms with van der Waals surface area (Å²) in [5.74, 6) is 1.57. The first kappa shape index (κ1) is 26.3. The van der Waals surface area contributed by atoms with Crippen LogP contribution in [0.4, 0.5) is 0 Å². The average Bonchev–Trinajstić information content (AvgIpc) is 2.90. The number of likely N-dealkylation sites (tertiary alicyclic amines) is 1. The van der Waals surface area contributed by atoms with Gasteiger partial charge in [-0.15, -0.1) is 0 Å². The number of amides is 2. The normalized spacial score (nSPS) is 18.1. The number of methoxy groups -OCH3 is 1. The number of halogens is 1. The third kappa shape index (κ3) is 6.31. The van der Waals surface area contributed by atoms with Crippen molar-refractivity contribution in [2.75, 3.05) is 60.0 Å². The molecular weight excluding hydrogens is 478 g/mol. The summed E-state index contributed by atoms with van der Waals surface area (Å²) in [6.45, 7) is 6.82. The van der Waals surface area contributed by atoms with Crippen LogP contribution in [0.3, 0.4) is 0 Å². The lowest BCUT2D eigenvalue weighted by Crippen LogP contribution is -2.51. The van der Waals surface area contributed by atoms with E-state index in [-0.39, 0.29) is 17.2 Å². The Hall–Kier alpha value is -2.77. The number of likely N-dealkylation sites (N-methyl/N-ethyl adjacent to an activating group) is 1. The topological polar surface area (TPSA) is 62.3 Å². The lowest BCUT2D eigenvalue weighted by atomic mass is 9.75. The van der Waals surface area contributed by atoms with Gasteiger partial charge in [0.25, 0.3) is 5.91 Å². The monoisotopic (exact) mass is 513 g/mol. The molecule has 194 valence electrons. The number of benzene rings is 2. The highest BCUT2D eigenvalue weighted by Gasteiger charge is 2.40. The maximum absolute atomic E-state index is 13.3. The lowest BCUT2D eigenvalue weighted by Gasteiger charge is -2.42. The van der Waals surface area contributed by atoms with Crippen LogP contribution in [-0.2, 0) is 4.79 Å². The largest absolute Gasteiger partial charge is 0.497 e. The van der Waals surface area contributed by atoms with Crippen LogP contribution >= 0.6 is 11.6 Å². The van der Waals surface area contributed by atoms with Crippen molar-refractivity contribution in [3.63, 3.8) is 0 Å². The molecule has 0 aliphatic carbocycles. The molecule has 8 heteroatoms. The second kappa shape index (κ2) is 11.5. The molecule has 0 spiro atoms. The van der Waals surface area contributed by atoms with E-state index in [2.05, 4.69) is 11.9 Å². The van der Waals surface area contributed by atoms with Crippen LogP contribution in [0.2, 0.25) is 5.02 Å². The van der Waals surface area contributed by atoms with Gasteiger partial charge >= 0.3 is 0 Å². The van der Waals surface area contributed by atoms with Crippen LogP contribution in [0.5, 0.6) is 11.5 Å². The van der Waals surface area contributed by atoms with E-state index in [0.717, 1.165) is 37.5 Å². The summed E-state index contributed by atoms with van der Waals surface area (Å²) in [4.78, 5) is 32.6. The van der Waals surface area contributed by atoms with Gasteiger partial charge in [0.1, 0.15) is 11.5 Å². The zero-order valence-corrected chi connectivity index (χ0v) is 22.2. The summed E-state index contributed by atoms with van der Waals surface area (Å²) in [7, 11) is 3.68. The number of piperidine rings is 1. The number of nitrogens with zero attached hydrogens (tertiary/aromatic N) is 3. The van der Waals surface area contributed by atoms with Gasteiger partial charge in [-0.25, -0.2) is 0 Å². The van der Waals surface area contributed by atoms with Gasteiger partial charge in [0.15, 0.2) is 0 Å². The Morgan fingerprint density at radius 3 is 2.33 bits per heavy atom. The molecule has 2 aromatic carbocycles. The van der Waals surface area contributed by atoms with E-state index in [4.69, 9.17) is 21.1 Å². The van der Waals surface area contributed by atoms with Crippen LogP contribution in [0.25, 0.3) is 0 Å². The Morgan fingerprint density at radius 2 is 1.67 bits per heavy atom. The summed E-state index contributed by atoms with van der Waals surface area (Å²) in [5.41, 5.74) is 1.23. The Kier molecular flexibility index (Phi) is 8.42. The van der Waals surface area contributed by atoms with Gasteiger partial charge in [-0.1, -0.05) is 17.7 Å². The van der Waals surface area contributed by atoms with Crippen molar-refractivity contribution in [3.05, 3.63) is 58.6 Å². The van der Waals surface area contributed by atoms with E-state index in [1.54, 1.807) is 13.2 Å². The SMILES string of the molecule is COc1cccc(C(=O)N2CCC(COc3ccc(Cl)c(C)c3)(CC(=O)N3CCN(C)CC3)CC2)c1. The van der Waals surface area contributed by atoms with E-state index in [9.17, 15) is 9.59 Å². The molecule has 0 N–H and O–H groups in total. The van der Waals surface area contributed by atoms with Crippen molar-refractivity contribution in [1.29, 1.82) is 0 Å². The van der Waals surface area contributed by atoms with E-state index in [1.165, 1.54) is 0 Å². The van der Waals surface area contributed by atoms with E-state index >= 15 is 0 Å². The first-order valence-corrected chi connectivity index (χ1v) is 12.9. The molecule has 7 nitrogen and oxygen atoms in total. The molecular formula is C28H36ClN3O4. The highest BCUT2D eigenvalue weighted by molar-refractivity contribution is 6.31. The Morgan fingerprint density at radius 1 is 0.944 bits per heavy atom. The van der Waals surface area contributed by atoms with Gasteiger partial charge in [0.05, 0.1) is 13.7 Å². The quantitative estimate of drug-likeness (QED) is 0.557. The van der Waals surface area contributed by atoms with Gasteiger partial charge in [-0.2, -0.15) is 0 Å². The Labute approximate surface area is 218 Å². The number of hydrogen-bond acceptors (Lipinski definition) is 5. The molecule has 2 amide bonds. The fraction of sp³-hybridized carbons (Fsp3) is 0.500. The Balaban J connectivity index is 1.46. The standard InChI is InChI=1S/C28H36ClN3O4/c1-21-17-24(7-8-25(21)29)36-20-28(19-26(33)31-15-13-30(2)14-16-31)9-11-32(12-10-28)27(34)22-5-4-6-23(18-22)35-3/h4-8,17-18H,9-16,19-20H2,1-3H3. The molecule has 0 unspecified atom stereocenters. The van der Waals surface area contributed by atoms with Crippen LogP contribution in [0, 0.1) is 12.3 Å². The third-order valence-electron chi connectivity index (χ3n) is 7.48. The molecule has 0 atom stereocenters. The summed E-state index contributed by atoms with van der Waals surface area (Å²) in [6, 6.07) is 12.9. The second-order valence-electron chi connectivity index (χ2n) is 10.1. The average molecular weight is 514 g/mol. The van der Waals surface area contributed by atoms with Crippen LogP contribution in [-0.4, -0.2) is 86.5 Å². The van der Waals surface area contributed by atoms with Crippen molar-refractivity contribution >= 4 is 23.4 Å². The van der Waals surface area contributed by atoms with Crippen molar-refractivity contribution in [3.8, 4) is 11.5 Å². The van der Waals surface area contributed by atoms with Crippen molar-refractivity contribution in [2.45, 2.75) is 26.2 Å². The number of ether oxygens (including phenoxy) is 2. The molecule has 2 fully saturated rings. The Bertz CT molecular complexity index is 1080. The molecule has 0 aromatic heterocycles. The zero-order valence-electron chi connectivity index (χ0n) is 21.5. The van der Waals surface area contributed by atoms with E-state index in [0.29, 0.717) is 55.3 Å². The molecule has 0 bridgehead atoms. The number of carbonyl (C=O) groups excluding carboxylic acids is 2. The lowest BCUT2D eigenvalue weighted by molar-refractivity contribution is -0.136. The summed E-state index contributed by atoms with van der Waals surface area (Å²) < 4.78 is 11.5. The molecule has 0 radical (unpaired) electrons. The van der Waals surface area contributed by atoms with Crippen molar-refractivity contribution in [1.82, 2.24) is 14.7 Å². The number of rotatable bonds is 7. The fourth-order valence-electron chi connectivity index (χ4n) is 4.93. The number of aryl methyl sites for hydroxylation is 1. The van der Waals surface area contributed by atoms with Crippen LogP contribution < -0.4 is 9.47 Å². The molecule has 2 aliphatic heterocycles. The zero-order chi connectivity index (χ0) is 25.7. The maximum atomic E-state index is 13.3. The minimum absolute atomic E-state index is 0.0119. The van der Waals surface area contributed by atoms with Gasteiger partial charge in [0.2, 0.25) is 5.91 Å². The predicted octanol–water partition coefficient (Wildman–Crippen LogP) is 4.12. The highest BCUT2D eigenvalue weighted by atomic mass is 35.5. The van der Waals surface area contributed by atoms with Gasteiger partial charge < -0.3 is 24.2 Å². The number of piperazine rings is 1. The molecule has 2 heterocycles. The minimum atomic E-state index is -0.334. The van der Waals surface area contributed by atoms with Crippen LogP contribution in [0.15, 0.2) is 42.5 Å². The van der Waals surface area contributed by atoms with E-state index < -0.39 is 0 Å². The first-order valence-electron chi connectivity index (χ1n) is 12.6.